The van der Waals surface area contributed by atoms with Gasteiger partial charge in [0, 0.05) is 18.2 Å². The first-order chi connectivity index (χ1) is 14.0. The third kappa shape index (κ3) is 4.01. The summed E-state index contributed by atoms with van der Waals surface area (Å²) in [6.45, 7) is 2.04. The maximum absolute atomic E-state index is 12.6. The molecule has 3 aromatic rings. The van der Waals surface area contributed by atoms with Gasteiger partial charge in [0.2, 0.25) is 5.95 Å². The molecule has 6 heteroatoms. The summed E-state index contributed by atoms with van der Waals surface area (Å²) < 4.78 is 5.10. The maximum atomic E-state index is 12.6. The van der Waals surface area contributed by atoms with Gasteiger partial charge in [0.1, 0.15) is 5.75 Å². The minimum Gasteiger partial charge on any atom is -0.497 e. The molecule has 1 N–H and O–H groups in total. The van der Waals surface area contributed by atoms with E-state index in [0.717, 1.165) is 5.56 Å². The van der Waals surface area contributed by atoms with E-state index < -0.39 is 0 Å². The first-order valence-corrected chi connectivity index (χ1v) is 9.44. The summed E-state index contributed by atoms with van der Waals surface area (Å²) >= 11 is 0. The molecule has 2 aromatic carbocycles. The number of carbonyl (C=O) groups excluding carboxylic acids is 2. The van der Waals surface area contributed by atoms with Gasteiger partial charge in [0.15, 0.2) is 5.78 Å². The van der Waals surface area contributed by atoms with Gasteiger partial charge in [0.25, 0.3) is 5.91 Å². The highest BCUT2D eigenvalue weighted by Crippen LogP contribution is 2.32. The van der Waals surface area contributed by atoms with Gasteiger partial charge in [-0.05, 0) is 49.1 Å². The molecule has 1 aliphatic carbocycles. The average Bonchev–Trinajstić information content (AvgIpc) is 2.74. The Hall–Kier alpha value is -3.54. The minimum absolute atomic E-state index is 0.0323. The van der Waals surface area contributed by atoms with Crippen LogP contribution in [0.2, 0.25) is 0 Å². The molecule has 4 rings (SSSR count). The molecule has 29 heavy (non-hydrogen) atoms. The third-order valence-corrected chi connectivity index (χ3v) is 5.17. The molecule has 0 bridgehead atoms. The monoisotopic (exact) mass is 387 g/mol. The first kappa shape index (κ1) is 18.8. The van der Waals surface area contributed by atoms with Crippen LogP contribution in [0.4, 0.5) is 5.95 Å². The quantitative estimate of drug-likeness (QED) is 0.733. The molecular weight excluding hydrogens is 366 g/mol. The number of anilines is 1. The average molecular weight is 387 g/mol. The number of rotatable bonds is 4. The number of carbonyl (C=O) groups is 2. The molecule has 0 aliphatic heterocycles. The number of amides is 1. The Morgan fingerprint density at radius 1 is 1.07 bits per heavy atom. The highest BCUT2D eigenvalue weighted by molar-refractivity contribution is 6.03. The molecule has 1 heterocycles. The van der Waals surface area contributed by atoms with Crippen molar-refractivity contribution in [1.29, 1.82) is 0 Å². The summed E-state index contributed by atoms with van der Waals surface area (Å²) in [5.41, 5.74) is 3.99. The van der Waals surface area contributed by atoms with Gasteiger partial charge in [-0.15, -0.1) is 0 Å². The van der Waals surface area contributed by atoms with Crippen LogP contribution in [-0.4, -0.2) is 28.8 Å². The molecule has 0 saturated carbocycles. The van der Waals surface area contributed by atoms with E-state index >= 15 is 0 Å². The van der Waals surface area contributed by atoms with E-state index in [0.29, 0.717) is 35.4 Å². The molecule has 0 radical (unpaired) electrons. The molecule has 0 spiro atoms. The molecule has 146 valence electrons. The number of hydrogen-bond acceptors (Lipinski definition) is 5. The van der Waals surface area contributed by atoms with Crippen LogP contribution in [-0.2, 0) is 6.42 Å². The number of benzene rings is 2. The highest BCUT2D eigenvalue weighted by Gasteiger charge is 2.28. The SMILES string of the molecule is COc1ccc(C(=O)Nc2ncc3c(n2)C[C@H](c2ccc(C)cc2)CC3=O)cc1. The van der Waals surface area contributed by atoms with Crippen LogP contribution in [0.1, 0.15) is 49.9 Å². The van der Waals surface area contributed by atoms with Crippen LogP contribution < -0.4 is 10.1 Å². The first-order valence-electron chi connectivity index (χ1n) is 9.44. The number of ether oxygens (including phenoxy) is 1. The molecule has 0 unspecified atom stereocenters. The largest absolute Gasteiger partial charge is 0.497 e. The Morgan fingerprint density at radius 2 is 1.79 bits per heavy atom. The number of ketones is 1. The van der Waals surface area contributed by atoms with E-state index in [1.807, 2.05) is 6.92 Å². The van der Waals surface area contributed by atoms with Gasteiger partial charge in [-0.3, -0.25) is 14.9 Å². The topological polar surface area (TPSA) is 81.2 Å². The van der Waals surface area contributed by atoms with Crippen LogP contribution in [0, 0.1) is 6.92 Å². The van der Waals surface area contributed by atoms with Crippen molar-refractivity contribution in [2.75, 3.05) is 12.4 Å². The van der Waals surface area contributed by atoms with Gasteiger partial charge < -0.3 is 4.74 Å². The lowest BCUT2D eigenvalue weighted by molar-refractivity contribution is 0.0962. The number of methoxy groups -OCH3 is 1. The second-order valence-electron chi connectivity index (χ2n) is 7.18. The Kier molecular flexibility index (Phi) is 5.08. The van der Waals surface area contributed by atoms with Crippen molar-refractivity contribution in [1.82, 2.24) is 9.97 Å². The number of nitrogens with one attached hydrogen (secondary N) is 1. The standard InChI is InChI=1S/C23H21N3O3/c1-14-3-5-15(6-4-14)17-11-20-19(21(27)12-17)13-24-23(25-20)26-22(28)16-7-9-18(29-2)10-8-16/h3-10,13,17H,11-12H2,1-2H3,(H,24,25,26,28)/t17-/m0/s1. The zero-order valence-electron chi connectivity index (χ0n) is 16.3. The summed E-state index contributed by atoms with van der Waals surface area (Å²) in [7, 11) is 1.57. The summed E-state index contributed by atoms with van der Waals surface area (Å²) in [4.78, 5) is 33.7. The summed E-state index contributed by atoms with van der Waals surface area (Å²) in [5, 5.41) is 2.71. The van der Waals surface area contributed by atoms with Crippen molar-refractivity contribution in [2.45, 2.75) is 25.7 Å². The second kappa shape index (κ2) is 7.83. The zero-order valence-corrected chi connectivity index (χ0v) is 16.3. The molecule has 1 aromatic heterocycles. The van der Waals surface area contributed by atoms with Crippen molar-refractivity contribution >= 4 is 17.6 Å². The van der Waals surface area contributed by atoms with Crippen LogP contribution >= 0.6 is 0 Å². The number of aromatic nitrogens is 2. The summed E-state index contributed by atoms with van der Waals surface area (Å²) in [5.74, 6) is 0.666. The fourth-order valence-corrected chi connectivity index (χ4v) is 3.50. The van der Waals surface area contributed by atoms with E-state index in [1.165, 1.54) is 11.8 Å². The number of nitrogens with zero attached hydrogens (tertiary/aromatic N) is 2. The van der Waals surface area contributed by atoms with Crippen LogP contribution in [0.5, 0.6) is 5.75 Å². The number of Topliss-reactive ketones (excluding diaryl/α,β-unsaturated/α-hetero) is 1. The van der Waals surface area contributed by atoms with Crippen molar-refractivity contribution in [3.8, 4) is 5.75 Å². The number of fused-ring (bicyclic) bond motifs is 1. The molecular formula is C23H21N3O3. The van der Waals surface area contributed by atoms with Gasteiger partial charge in [-0.1, -0.05) is 29.8 Å². The predicted molar refractivity (Wildman–Crippen MR) is 110 cm³/mol. The summed E-state index contributed by atoms with van der Waals surface area (Å²) in [6.07, 6.45) is 2.59. The molecule has 1 aliphatic rings. The molecule has 0 fully saturated rings. The third-order valence-electron chi connectivity index (χ3n) is 5.17. The minimum atomic E-state index is -0.315. The van der Waals surface area contributed by atoms with Crippen molar-refractivity contribution in [3.63, 3.8) is 0 Å². The lowest BCUT2D eigenvalue weighted by Gasteiger charge is -2.23. The lowest BCUT2D eigenvalue weighted by Crippen LogP contribution is -2.22. The second-order valence-corrected chi connectivity index (χ2v) is 7.18. The van der Waals surface area contributed by atoms with Crippen LogP contribution in [0.25, 0.3) is 0 Å². The number of hydrogen-bond donors (Lipinski definition) is 1. The van der Waals surface area contributed by atoms with Gasteiger partial charge in [0.05, 0.1) is 18.4 Å². The van der Waals surface area contributed by atoms with Gasteiger partial charge >= 0.3 is 0 Å². The van der Waals surface area contributed by atoms with Gasteiger partial charge in [-0.25, -0.2) is 9.97 Å². The Bertz CT molecular complexity index is 1060. The van der Waals surface area contributed by atoms with Crippen LogP contribution in [0.15, 0.2) is 54.7 Å². The van der Waals surface area contributed by atoms with Crippen LogP contribution in [0.3, 0.4) is 0 Å². The zero-order chi connectivity index (χ0) is 20.4. The maximum Gasteiger partial charge on any atom is 0.258 e. The molecule has 6 nitrogen and oxygen atoms in total. The molecule has 1 amide bonds. The lowest BCUT2D eigenvalue weighted by atomic mass is 9.82. The van der Waals surface area contributed by atoms with Crippen molar-refractivity contribution < 1.29 is 14.3 Å². The van der Waals surface area contributed by atoms with Gasteiger partial charge in [-0.2, -0.15) is 0 Å². The van der Waals surface area contributed by atoms with Crippen molar-refractivity contribution in [2.24, 2.45) is 0 Å². The van der Waals surface area contributed by atoms with E-state index in [1.54, 1.807) is 31.4 Å². The van der Waals surface area contributed by atoms with E-state index in [-0.39, 0.29) is 23.6 Å². The Morgan fingerprint density at radius 3 is 2.48 bits per heavy atom. The fourth-order valence-electron chi connectivity index (χ4n) is 3.50. The van der Waals surface area contributed by atoms with E-state index in [2.05, 4.69) is 39.6 Å². The smallest absolute Gasteiger partial charge is 0.258 e. The molecule has 0 saturated heterocycles. The summed E-state index contributed by atoms with van der Waals surface area (Å²) in [6, 6.07) is 15.0. The normalized spacial score (nSPS) is 15.5. The highest BCUT2D eigenvalue weighted by atomic mass is 16.5. The molecule has 1 atom stereocenters. The Balaban J connectivity index is 1.54. The fraction of sp³-hybridized carbons (Fsp3) is 0.217. The Labute approximate surface area is 169 Å². The predicted octanol–water partition coefficient (Wildman–Crippen LogP) is 3.96. The van der Waals surface area contributed by atoms with E-state index in [9.17, 15) is 9.59 Å². The van der Waals surface area contributed by atoms with Crippen molar-refractivity contribution in [3.05, 3.63) is 82.7 Å². The van der Waals surface area contributed by atoms with E-state index in [4.69, 9.17) is 4.74 Å². The number of aryl methyl sites for hydroxylation is 1.